The van der Waals surface area contributed by atoms with Crippen LogP contribution in [0, 0.1) is 5.92 Å². The second-order valence-corrected chi connectivity index (χ2v) is 4.88. The topological polar surface area (TPSA) is 59.0 Å². The van der Waals surface area contributed by atoms with Gasteiger partial charge in [-0.15, -0.1) is 0 Å². The number of likely N-dealkylation sites (tertiary alicyclic amines) is 1. The molecule has 5 nitrogen and oxygen atoms in total. The normalized spacial score (nSPS) is 23.3. The fourth-order valence-electron chi connectivity index (χ4n) is 2.69. The molecule has 1 fully saturated rings. The van der Waals surface area contributed by atoms with Gasteiger partial charge in [-0.3, -0.25) is 4.79 Å². The van der Waals surface area contributed by atoms with Gasteiger partial charge >= 0.3 is 5.97 Å². The zero-order valence-corrected chi connectivity index (χ0v) is 11.4. The molecule has 0 amide bonds. The lowest BCUT2D eigenvalue weighted by Gasteiger charge is -2.18. The van der Waals surface area contributed by atoms with Gasteiger partial charge in [-0.05, 0) is 18.7 Å². The molecule has 0 aromatic heterocycles. The van der Waals surface area contributed by atoms with E-state index in [1.807, 2.05) is 24.1 Å². The number of carbonyl (C=O) groups is 1. The average molecular weight is 265 g/mol. The zero-order valence-electron chi connectivity index (χ0n) is 11.4. The first-order valence-electron chi connectivity index (χ1n) is 6.20. The summed E-state index contributed by atoms with van der Waals surface area (Å²) in [7, 11) is 5.12. The fraction of sp³-hybridized carbons (Fsp3) is 0.500. The maximum absolute atomic E-state index is 11.4. The van der Waals surface area contributed by atoms with Gasteiger partial charge < -0.3 is 19.5 Å². The Morgan fingerprint density at radius 3 is 2.63 bits per heavy atom. The Balaban J connectivity index is 2.37. The van der Waals surface area contributed by atoms with Gasteiger partial charge in [-0.25, -0.2) is 0 Å². The van der Waals surface area contributed by atoms with Crippen molar-refractivity contribution in [2.45, 2.75) is 5.92 Å². The minimum absolute atomic E-state index is 0.0524. The Bertz CT molecular complexity index is 475. The Morgan fingerprint density at radius 1 is 1.32 bits per heavy atom. The maximum atomic E-state index is 11.4. The van der Waals surface area contributed by atoms with E-state index in [1.54, 1.807) is 20.3 Å². The van der Waals surface area contributed by atoms with E-state index < -0.39 is 11.9 Å². The molecule has 19 heavy (non-hydrogen) atoms. The van der Waals surface area contributed by atoms with Gasteiger partial charge in [0.05, 0.1) is 20.1 Å². The van der Waals surface area contributed by atoms with E-state index >= 15 is 0 Å². The van der Waals surface area contributed by atoms with Crippen LogP contribution in [-0.4, -0.2) is 50.3 Å². The van der Waals surface area contributed by atoms with Crippen LogP contribution in [0.15, 0.2) is 18.2 Å². The molecule has 1 aliphatic heterocycles. The average Bonchev–Trinajstić information content (AvgIpc) is 2.80. The Kier molecular flexibility index (Phi) is 3.95. The lowest BCUT2D eigenvalue weighted by atomic mass is 9.88. The number of benzene rings is 1. The predicted octanol–water partition coefficient (Wildman–Crippen LogP) is 1.43. The third kappa shape index (κ3) is 2.66. The van der Waals surface area contributed by atoms with Crippen LogP contribution in [0.4, 0.5) is 0 Å². The van der Waals surface area contributed by atoms with Crippen LogP contribution in [0.2, 0.25) is 0 Å². The summed E-state index contributed by atoms with van der Waals surface area (Å²) < 4.78 is 10.5. The van der Waals surface area contributed by atoms with E-state index in [2.05, 4.69) is 0 Å². The lowest BCUT2D eigenvalue weighted by Crippen LogP contribution is -2.21. The largest absolute Gasteiger partial charge is 0.497 e. The first-order valence-corrected chi connectivity index (χ1v) is 6.20. The molecule has 0 radical (unpaired) electrons. The lowest BCUT2D eigenvalue weighted by molar-refractivity contribution is -0.141. The molecular weight excluding hydrogens is 246 g/mol. The standard InChI is InChI=1S/C14H19NO4/c1-15-7-11(12(8-15)14(16)17)10-5-4-9(18-2)6-13(10)19-3/h4-6,11-12H,7-8H2,1-3H3,(H,16,17)/t11-,12+/m0/s1. The molecule has 1 saturated heterocycles. The summed E-state index contributed by atoms with van der Waals surface area (Å²) in [4.78, 5) is 13.4. The number of carboxylic acids is 1. The minimum atomic E-state index is -0.757. The predicted molar refractivity (Wildman–Crippen MR) is 70.9 cm³/mol. The smallest absolute Gasteiger partial charge is 0.308 e. The second-order valence-electron chi connectivity index (χ2n) is 4.88. The monoisotopic (exact) mass is 265 g/mol. The number of carboxylic acid groups (broad SMARTS) is 1. The highest BCUT2D eigenvalue weighted by atomic mass is 16.5. The van der Waals surface area contributed by atoms with Gasteiger partial charge in [0, 0.05) is 25.1 Å². The molecule has 104 valence electrons. The molecule has 1 aromatic carbocycles. The van der Waals surface area contributed by atoms with Crippen molar-refractivity contribution in [2.24, 2.45) is 5.92 Å². The summed E-state index contributed by atoms with van der Waals surface area (Å²) in [6.45, 7) is 1.29. The molecule has 0 aliphatic carbocycles. The van der Waals surface area contributed by atoms with E-state index in [0.717, 1.165) is 12.1 Å². The molecule has 1 aromatic rings. The van der Waals surface area contributed by atoms with Crippen LogP contribution >= 0.6 is 0 Å². The van der Waals surface area contributed by atoms with Crippen LogP contribution in [-0.2, 0) is 4.79 Å². The van der Waals surface area contributed by atoms with Crippen LogP contribution < -0.4 is 9.47 Å². The van der Waals surface area contributed by atoms with E-state index in [1.165, 1.54) is 0 Å². The summed E-state index contributed by atoms with van der Waals surface area (Å²) in [5, 5.41) is 9.33. The highest BCUT2D eigenvalue weighted by Gasteiger charge is 2.38. The summed E-state index contributed by atoms with van der Waals surface area (Å²) in [5.41, 5.74) is 0.931. The maximum Gasteiger partial charge on any atom is 0.308 e. The number of hydrogen-bond acceptors (Lipinski definition) is 4. The molecular formula is C14H19NO4. The first-order chi connectivity index (χ1) is 9.06. The van der Waals surface area contributed by atoms with Gasteiger partial charge in [0.15, 0.2) is 0 Å². The molecule has 0 spiro atoms. The first kappa shape index (κ1) is 13.7. The van der Waals surface area contributed by atoms with Crippen molar-refractivity contribution in [2.75, 3.05) is 34.4 Å². The van der Waals surface area contributed by atoms with Crippen molar-refractivity contribution in [3.05, 3.63) is 23.8 Å². The molecule has 1 N–H and O–H groups in total. The second kappa shape index (κ2) is 5.48. The molecule has 2 atom stereocenters. The summed E-state index contributed by atoms with van der Waals surface area (Å²) in [5.74, 6) is 0.188. The molecule has 2 rings (SSSR count). The van der Waals surface area contributed by atoms with E-state index in [-0.39, 0.29) is 5.92 Å². The molecule has 0 saturated carbocycles. The van der Waals surface area contributed by atoms with E-state index in [0.29, 0.717) is 18.0 Å². The molecule has 1 heterocycles. The highest BCUT2D eigenvalue weighted by molar-refractivity contribution is 5.72. The third-order valence-corrected chi connectivity index (χ3v) is 3.66. The Morgan fingerprint density at radius 2 is 2.05 bits per heavy atom. The van der Waals surface area contributed by atoms with Gasteiger partial charge in [-0.2, -0.15) is 0 Å². The number of hydrogen-bond donors (Lipinski definition) is 1. The Labute approximate surface area is 112 Å². The molecule has 1 aliphatic rings. The number of nitrogens with zero attached hydrogens (tertiary/aromatic N) is 1. The van der Waals surface area contributed by atoms with Crippen molar-refractivity contribution < 1.29 is 19.4 Å². The van der Waals surface area contributed by atoms with Crippen LogP contribution in [0.5, 0.6) is 11.5 Å². The fourth-order valence-corrected chi connectivity index (χ4v) is 2.69. The Hall–Kier alpha value is -1.75. The van der Waals surface area contributed by atoms with Gasteiger partial charge in [-0.1, -0.05) is 6.07 Å². The summed E-state index contributed by atoms with van der Waals surface area (Å²) in [6.07, 6.45) is 0. The molecule has 0 unspecified atom stereocenters. The number of methoxy groups -OCH3 is 2. The number of likely N-dealkylation sites (N-methyl/N-ethyl adjacent to an activating group) is 1. The van der Waals surface area contributed by atoms with Gasteiger partial charge in [0.25, 0.3) is 0 Å². The number of aliphatic carboxylic acids is 1. The number of rotatable bonds is 4. The van der Waals surface area contributed by atoms with Crippen molar-refractivity contribution in [3.63, 3.8) is 0 Å². The van der Waals surface area contributed by atoms with E-state index in [4.69, 9.17) is 9.47 Å². The van der Waals surface area contributed by atoms with Crippen LogP contribution in [0.3, 0.4) is 0 Å². The van der Waals surface area contributed by atoms with Crippen molar-refractivity contribution in [3.8, 4) is 11.5 Å². The van der Waals surface area contributed by atoms with Crippen molar-refractivity contribution >= 4 is 5.97 Å². The van der Waals surface area contributed by atoms with Crippen LogP contribution in [0.25, 0.3) is 0 Å². The summed E-state index contributed by atoms with van der Waals surface area (Å²) in [6, 6.07) is 5.54. The van der Waals surface area contributed by atoms with Gasteiger partial charge in [0.2, 0.25) is 0 Å². The quantitative estimate of drug-likeness (QED) is 0.892. The molecule has 0 bridgehead atoms. The van der Waals surface area contributed by atoms with Crippen molar-refractivity contribution in [1.82, 2.24) is 4.90 Å². The number of ether oxygens (including phenoxy) is 2. The zero-order chi connectivity index (χ0) is 14.0. The van der Waals surface area contributed by atoms with Crippen molar-refractivity contribution in [1.29, 1.82) is 0 Å². The minimum Gasteiger partial charge on any atom is -0.497 e. The highest BCUT2D eigenvalue weighted by Crippen LogP contribution is 2.38. The summed E-state index contributed by atoms with van der Waals surface area (Å²) >= 11 is 0. The van der Waals surface area contributed by atoms with Gasteiger partial charge in [0.1, 0.15) is 11.5 Å². The third-order valence-electron chi connectivity index (χ3n) is 3.66. The van der Waals surface area contributed by atoms with Crippen LogP contribution in [0.1, 0.15) is 11.5 Å². The SMILES string of the molecule is COc1ccc([C@@H]2CN(C)C[C@H]2C(=O)O)c(OC)c1. The van der Waals surface area contributed by atoms with E-state index in [9.17, 15) is 9.90 Å². The molecule has 5 heteroatoms.